The van der Waals surface area contributed by atoms with Gasteiger partial charge in [-0.05, 0) is 36.4 Å². The molecule has 4 rings (SSSR count). The number of methoxy groups -OCH3 is 1. The van der Waals surface area contributed by atoms with Crippen molar-refractivity contribution in [1.82, 2.24) is 19.9 Å². The lowest BCUT2D eigenvalue weighted by Crippen LogP contribution is -2.27. The summed E-state index contributed by atoms with van der Waals surface area (Å²) in [5.74, 6) is 1.26. The van der Waals surface area contributed by atoms with Crippen LogP contribution in [0.4, 0.5) is 0 Å². The van der Waals surface area contributed by atoms with Crippen LogP contribution in [0.2, 0.25) is 0 Å². The van der Waals surface area contributed by atoms with Crippen molar-refractivity contribution >= 4 is 16.9 Å². The van der Waals surface area contributed by atoms with Gasteiger partial charge in [0.2, 0.25) is 0 Å². The lowest BCUT2D eigenvalue weighted by Gasteiger charge is -2.12. The number of para-hydroxylation sites is 3. The second-order valence-corrected chi connectivity index (χ2v) is 6.27. The van der Waals surface area contributed by atoms with Gasteiger partial charge in [-0.15, -0.1) is 0 Å². The molecule has 0 aliphatic heterocycles. The highest BCUT2D eigenvalue weighted by Crippen LogP contribution is 2.24. The first kappa shape index (κ1) is 17.7. The third kappa shape index (κ3) is 3.44. The first-order valence-electron chi connectivity index (χ1n) is 9.05. The van der Waals surface area contributed by atoms with Gasteiger partial charge in [-0.25, -0.2) is 4.98 Å². The van der Waals surface area contributed by atoms with Crippen LogP contribution in [0.3, 0.4) is 0 Å². The topological polar surface area (TPSA) is 69.0 Å². The van der Waals surface area contributed by atoms with Crippen LogP contribution in [-0.2, 0) is 6.54 Å². The Morgan fingerprint density at radius 3 is 2.61 bits per heavy atom. The fourth-order valence-electron chi connectivity index (χ4n) is 3.23. The van der Waals surface area contributed by atoms with Gasteiger partial charge in [-0.3, -0.25) is 9.78 Å². The van der Waals surface area contributed by atoms with Crippen molar-refractivity contribution in [2.75, 3.05) is 13.7 Å². The van der Waals surface area contributed by atoms with Crippen molar-refractivity contribution in [3.63, 3.8) is 0 Å². The number of ether oxygens (including phenoxy) is 1. The van der Waals surface area contributed by atoms with Gasteiger partial charge in [-0.1, -0.05) is 24.3 Å². The molecule has 2 heterocycles. The monoisotopic (exact) mass is 372 g/mol. The van der Waals surface area contributed by atoms with Gasteiger partial charge in [0.15, 0.2) is 0 Å². The molecule has 0 aliphatic rings. The van der Waals surface area contributed by atoms with Crippen LogP contribution in [0.25, 0.3) is 22.4 Å². The van der Waals surface area contributed by atoms with Crippen LogP contribution in [0.15, 0.2) is 73.1 Å². The first-order valence-corrected chi connectivity index (χ1v) is 9.05. The molecule has 0 atom stereocenters. The van der Waals surface area contributed by atoms with Gasteiger partial charge in [0.25, 0.3) is 5.91 Å². The van der Waals surface area contributed by atoms with E-state index >= 15 is 0 Å². The van der Waals surface area contributed by atoms with Gasteiger partial charge in [0, 0.05) is 31.0 Å². The molecule has 2 aromatic heterocycles. The Kier molecular flexibility index (Phi) is 5.01. The standard InChI is InChI=1S/C22H20N4O2/c1-28-20-9-5-2-6-17(20)22(27)24-14-15-26-19-8-4-3-7-18(19)25-21(26)16-10-12-23-13-11-16/h2-13H,14-15H2,1H3,(H,24,27). The van der Waals surface area contributed by atoms with E-state index in [-0.39, 0.29) is 5.91 Å². The molecule has 0 spiro atoms. The highest BCUT2D eigenvalue weighted by molar-refractivity contribution is 5.96. The number of nitrogens with one attached hydrogen (secondary N) is 1. The number of pyridine rings is 1. The molecule has 2 aromatic carbocycles. The number of benzene rings is 2. The van der Waals surface area contributed by atoms with Crippen molar-refractivity contribution in [1.29, 1.82) is 0 Å². The van der Waals surface area contributed by atoms with Crippen molar-refractivity contribution < 1.29 is 9.53 Å². The summed E-state index contributed by atoms with van der Waals surface area (Å²) in [4.78, 5) is 21.4. The summed E-state index contributed by atoms with van der Waals surface area (Å²) in [6.45, 7) is 1.06. The Hall–Kier alpha value is -3.67. The molecule has 0 bridgehead atoms. The Morgan fingerprint density at radius 1 is 1.04 bits per heavy atom. The average molecular weight is 372 g/mol. The van der Waals surface area contributed by atoms with E-state index < -0.39 is 0 Å². The minimum atomic E-state index is -0.160. The molecule has 0 fully saturated rings. The van der Waals surface area contributed by atoms with Crippen LogP contribution in [0, 0.1) is 0 Å². The van der Waals surface area contributed by atoms with Gasteiger partial charge in [0.05, 0.1) is 23.7 Å². The zero-order chi connectivity index (χ0) is 19.3. The van der Waals surface area contributed by atoms with Crippen LogP contribution in [0.1, 0.15) is 10.4 Å². The molecule has 0 aliphatic carbocycles. The summed E-state index contributed by atoms with van der Waals surface area (Å²) in [5, 5.41) is 2.98. The lowest BCUT2D eigenvalue weighted by atomic mass is 10.2. The van der Waals surface area contributed by atoms with Crippen molar-refractivity contribution in [3.05, 3.63) is 78.6 Å². The quantitative estimate of drug-likeness (QED) is 0.562. The number of rotatable bonds is 6. The SMILES string of the molecule is COc1ccccc1C(=O)NCCn1c(-c2ccncc2)nc2ccccc21. The molecular formula is C22H20N4O2. The van der Waals surface area contributed by atoms with Crippen molar-refractivity contribution in [2.45, 2.75) is 6.54 Å². The predicted molar refractivity (Wildman–Crippen MR) is 108 cm³/mol. The minimum absolute atomic E-state index is 0.160. The first-order chi connectivity index (χ1) is 13.8. The number of hydrogen-bond donors (Lipinski definition) is 1. The van der Waals surface area contributed by atoms with E-state index in [4.69, 9.17) is 9.72 Å². The Labute approximate surface area is 162 Å². The maximum atomic E-state index is 12.5. The molecule has 140 valence electrons. The number of imidazole rings is 1. The highest BCUT2D eigenvalue weighted by Gasteiger charge is 2.14. The summed E-state index contributed by atoms with van der Waals surface area (Å²) in [6.07, 6.45) is 3.50. The van der Waals surface area contributed by atoms with E-state index in [0.717, 1.165) is 22.4 Å². The summed E-state index contributed by atoms with van der Waals surface area (Å²) in [7, 11) is 1.56. The summed E-state index contributed by atoms with van der Waals surface area (Å²) >= 11 is 0. The number of aromatic nitrogens is 3. The molecule has 1 amide bonds. The van der Waals surface area contributed by atoms with E-state index in [2.05, 4.69) is 14.9 Å². The fourth-order valence-corrected chi connectivity index (χ4v) is 3.23. The van der Waals surface area contributed by atoms with E-state index in [1.165, 1.54) is 0 Å². The number of hydrogen-bond acceptors (Lipinski definition) is 4. The van der Waals surface area contributed by atoms with Crippen molar-refractivity contribution in [3.8, 4) is 17.1 Å². The number of carbonyl (C=O) groups excluding carboxylic acids is 1. The van der Waals surface area contributed by atoms with Gasteiger partial charge >= 0.3 is 0 Å². The molecule has 6 nitrogen and oxygen atoms in total. The number of nitrogens with zero attached hydrogens (tertiary/aromatic N) is 3. The Morgan fingerprint density at radius 2 is 1.79 bits per heavy atom. The Bertz CT molecular complexity index is 1110. The van der Waals surface area contributed by atoms with Crippen molar-refractivity contribution in [2.24, 2.45) is 0 Å². The van der Waals surface area contributed by atoms with Crippen LogP contribution in [-0.4, -0.2) is 34.1 Å². The number of fused-ring (bicyclic) bond motifs is 1. The molecular weight excluding hydrogens is 352 g/mol. The summed E-state index contributed by atoms with van der Waals surface area (Å²) in [6, 6.07) is 19.1. The van der Waals surface area contributed by atoms with E-state index in [1.54, 1.807) is 31.6 Å². The van der Waals surface area contributed by atoms with Gasteiger partial charge in [0.1, 0.15) is 11.6 Å². The van der Waals surface area contributed by atoms with Gasteiger partial charge < -0.3 is 14.6 Å². The van der Waals surface area contributed by atoms with E-state index in [0.29, 0.717) is 24.4 Å². The van der Waals surface area contributed by atoms with E-state index in [9.17, 15) is 4.79 Å². The summed E-state index contributed by atoms with van der Waals surface area (Å²) in [5.41, 5.74) is 3.46. The maximum absolute atomic E-state index is 12.5. The molecule has 4 aromatic rings. The normalized spacial score (nSPS) is 10.8. The molecule has 0 saturated carbocycles. The van der Waals surface area contributed by atoms with E-state index in [1.807, 2.05) is 48.5 Å². The highest BCUT2D eigenvalue weighted by atomic mass is 16.5. The zero-order valence-corrected chi connectivity index (χ0v) is 15.5. The molecule has 6 heteroatoms. The second kappa shape index (κ2) is 7.92. The molecule has 1 N–H and O–H groups in total. The molecule has 0 radical (unpaired) electrons. The summed E-state index contributed by atoms with van der Waals surface area (Å²) < 4.78 is 7.39. The third-order valence-corrected chi connectivity index (χ3v) is 4.57. The smallest absolute Gasteiger partial charge is 0.255 e. The lowest BCUT2D eigenvalue weighted by molar-refractivity contribution is 0.0949. The fraction of sp³-hybridized carbons (Fsp3) is 0.136. The zero-order valence-electron chi connectivity index (χ0n) is 15.5. The number of carbonyl (C=O) groups is 1. The maximum Gasteiger partial charge on any atom is 0.255 e. The largest absolute Gasteiger partial charge is 0.496 e. The minimum Gasteiger partial charge on any atom is -0.496 e. The van der Waals surface area contributed by atoms with Crippen LogP contribution in [0.5, 0.6) is 5.75 Å². The predicted octanol–water partition coefficient (Wildman–Crippen LogP) is 3.54. The van der Waals surface area contributed by atoms with Crippen LogP contribution >= 0.6 is 0 Å². The molecule has 0 saturated heterocycles. The Balaban J connectivity index is 1.57. The molecule has 28 heavy (non-hydrogen) atoms. The van der Waals surface area contributed by atoms with Crippen LogP contribution < -0.4 is 10.1 Å². The molecule has 0 unspecified atom stereocenters. The third-order valence-electron chi connectivity index (χ3n) is 4.57. The second-order valence-electron chi connectivity index (χ2n) is 6.27. The van der Waals surface area contributed by atoms with Gasteiger partial charge in [-0.2, -0.15) is 0 Å². The average Bonchev–Trinajstić information content (AvgIpc) is 3.13. The number of amides is 1.